The summed E-state index contributed by atoms with van der Waals surface area (Å²) < 4.78 is 26.5. The minimum atomic E-state index is -3.76. The van der Waals surface area contributed by atoms with Crippen LogP contribution in [0.15, 0.2) is 53.4 Å². The molecule has 0 radical (unpaired) electrons. The van der Waals surface area contributed by atoms with Crippen LogP contribution in [0.3, 0.4) is 0 Å². The van der Waals surface area contributed by atoms with Crippen LogP contribution in [0.25, 0.3) is 0 Å². The number of amides is 1. The Morgan fingerprint density at radius 1 is 1.08 bits per heavy atom. The van der Waals surface area contributed by atoms with Gasteiger partial charge in [0.15, 0.2) is 0 Å². The number of nitrogens with zero attached hydrogens (tertiary/aromatic N) is 1. The van der Waals surface area contributed by atoms with Gasteiger partial charge >= 0.3 is 0 Å². The molecule has 0 unspecified atom stereocenters. The maximum atomic E-state index is 12.7. The van der Waals surface area contributed by atoms with Gasteiger partial charge in [0.05, 0.1) is 11.4 Å². The van der Waals surface area contributed by atoms with Crippen LogP contribution in [0, 0.1) is 0 Å². The number of sulfonamides is 1. The normalized spacial score (nSPS) is 11.8. The lowest BCUT2D eigenvalue weighted by Crippen LogP contribution is -2.37. The van der Waals surface area contributed by atoms with E-state index in [4.69, 9.17) is 11.6 Å². The predicted octanol–water partition coefficient (Wildman–Crippen LogP) is 4.11. The van der Waals surface area contributed by atoms with Gasteiger partial charge in [-0.15, -0.1) is 0 Å². The number of benzene rings is 2. The molecule has 26 heavy (non-hydrogen) atoms. The maximum absolute atomic E-state index is 12.7. The molecule has 0 saturated carbocycles. The van der Waals surface area contributed by atoms with Gasteiger partial charge in [-0.3, -0.25) is 4.79 Å². The molecule has 0 bridgehead atoms. The molecule has 1 N–H and O–H groups in total. The lowest BCUT2D eigenvalue weighted by molar-refractivity contribution is -0.116. The molecule has 0 aliphatic carbocycles. The molecule has 1 amide bonds. The zero-order valence-corrected chi connectivity index (χ0v) is 16.6. The van der Waals surface area contributed by atoms with Crippen LogP contribution in [-0.4, -0.2) is 31.7 Å². The number of anilines is 1. The fraction of sp³-hybridized carbons (Fsp3) is 0.316. The van der Waals surface area contributed by atoms with Crippen LogP contribution in [0.5, 0.6) is 0 Å². The lowest BCUT2D eigenvalue weighted by Gasteiger charge is -2.20. The van der Waals surface area contributed by atoms with Crippen molar-refractivity contribution in [2.75, 3.05) is 18.4 Å². The topological polar surface area (TPSA) is 66.5 Å². The highest BCUT2D eigenvalue weighted by Crippen LogP contribution is 2.19. The fourth-order valence-corrected chi connectivity index (χ4v) is 3.97. The van der Waals surface area contributed by atoms with E-state index >= 15 is 0 Å². The van der Waals surface area contributed by atoms with Crippen LogP contribution in [0.4, 0.5) is 5.69 Å². The first-order valence-electron chi connectivity index (χ1n) is 8.39. The summed E-state index contributed by atoms with van der Waals surface area (Å²) in [5, 5.41) is 3.19. The number of nitrogens with one attached hydrogen (secondary N) is 1. The highest BCUT2D eigenvalue weighted by molar-refractivity contribution is 7.89. The van der Waals surface area contributed by atoms with Gasteiger partial charge in [0.25, 0.3) is 0 Å². The van der Waals surface area contributed by atoms with Crippen molar-refractivity contribution in [3.63, 3.8) is 0 Å². The van der Waals surface area contributed by atoms with E-state index in [0.717, 1.165) is 4.31 Å². The molecule has 0 fully saturated rings. The minimum absolute atomic E-state index is 0.109. The van der Waals surface area contributed by atoms with Gasteiger partial charge in [0, 0.05) is 17.3 Å². The van der Waals surface area contributed by atoms with E-state index in [2.05, 4.69) is 19.2 Å². The summed E-state index contributed by atoms with van der Waals surface area (Å²) in [5.74, 6) is 0.0153. The van der Waals surface area contributed by atoms with Crippen molar-refractivity contribution in [3.8, 4) is 0 Å². The molecule has 0 saturated heterocycles. The van der Waals surface area contributed by atoms with E-state index in [-0.39, 0.29) is 23.9 Å². The molecule has 5 nitrogen and oxygen atoms in total. The largest absolute Gasteiger partial charge is 0.325 e. The minimum Gasteiger partial charge on any atom is -0.325 e. The van der Waals surface area contributed by atoms with Gasteiger partial charge in [-0.2, -0.15) is 4.31 Å². The number of likely N-dealkylation sites (N-methyl/N-ethyl adjacent to an activating group) is 1. The molecule has 7 heteroatoms. The standard InChI is InChI=1S/C19H23ClN2O3S/c1-4-22(26(24,25)18-11-7-16(20)8-12-18)13-19(23)21-17-9-5-15(6-10-17)14(2)3/h5-12,14H,4,13H2,1-3H3,(H,21,23). The monoisotopic (exact) mass is 394 g/mol. The quantitative estimate of drug-likeness (QED) is 0.768. The van der Waals surface area contributed by atoms with Crippen molar-refractivity contribution in [2.45, 2.75) is 31.6 Å². The molecular weight excluding hydrogens is 372 g/mol. The number of carbonyl (C=O) groups is 1. The van der Waals surface area contributed by atoms with E-state index in [1.807, 2.05) is 24.3 Å². The summed E-state index contributed by atoms with van der Waals surface area (Å²) in [5.41, 5.74) is 1.81. The number of hydrogen-bond acceptors (Lipinski definition) is 3. The zero-order chi connectivity index (χ0) is 19.3. The summed E-state index contributed by atoms with van der Waals surface area (Å²) in [7, 11) is -3.76. The van der Waals surface area contributed by atoms with Crippen LogP contribution >= 0.6 is 11.6 Å². The third kappa shape index (κ3) is 5.06. The summed E-state index contributed by atoms with van der Waals surface area (Å²) in [4.78, 5) is 12.4. The maximum Gasteiger partial charge on any atom is 0.243 e. The first-order valence-corrected chi connectivity index (χ1v) is 10.2. The Morgan fingerprint density at radius 3 is 2.15 bits per heavy atom. The van der Waals surface area contributed by atoms with Gasteiger partial charge in [0.1, 0.15) is 0 Å². The molecule has 0 spiro atoms. The van der Waals surface area contributed by atoms with Crippen molar-refractivity contribution in [3.05, 3.63) is 59.1 Å². The summed E-state index contributed by atoms with van der Waals surface area (Å²) in [6.45, 7) is 5.80. The molecule has 0 heterocycles. The molecule has 140 valence electrons. The molecule has 0 atom stereocenters. The highest BCUT2D eigenvalue weighted by Gasteiger charge is 2.25. The summed E-state index contributed by atoms with van der Waals surface area (Å²) >= 11 is 5.81. The van der Waals surface area contributed by atoms with E-state index in [0.29, 0.717) is 16.6 Å². The zero-order valence-electron chi connectivity index (χ0n) is 15.1. The summed E-state index contributed by atoms with van der Waals surface area (Å²) in [6.07, 6.45) is 0. The van der Waals surface area contributed by atoms with E-state index in [1.165, 1.54) is 29.8 Å². The molecular formula is C19H23ClN2O3S. The van der Waals surface area contributed by atoms with Crippen molar-refractivity contribution in [1.82, 2.24) is 4.31 Å². The van der Waals surface area contributed by atoms with Crippen LogP contribution < -0.4 is 5.32 Å². The van der Waals surface area contributed by atoms with Crippen molar-refractivity contribution in [2.24, 2.45) is 0 Å². The fourth-order valence-electron chi connectivity index (χ4n) is 2.43. The molecule has 0 aliphatic heterocycles. The first-order chi connectivity index (χ1) is 12.2. The Morgan fingerprint density at radius 2 is 1.65 bits per heavy atom. The summed E-state index contributed by atoms with van der Waals surface area (Å²) in [6, 6.07) is 13.4. The molecule has 0 aliphatic rings. The van der Waals surface area contributed by atoms with Crippen LogP contribution in [0.1, 0.15) is 32.3 Å². The average Bonchev–Trinajstić information content (AvgIpc) is 2.60. The second kappa shape index (κ2) is 8.66. The van der Waals surface area contributed by atoms with E-state index in [1.54, 1.807) is 6.92 Å². The van der Waals surface area contributed by atoms with E-state index < -0.39 is 10.0 Å². The third-order valence-electron chi connectivity index (χ3n) is 3.99. The second-order valence-electron chi connectivity index (χ2n) is 6.21. The van der Waals surface area contributed by atoms with Crippen LogP contribution in [0.2, 0.25) is 5.02 Å². The average molecular weight is 395 g/mol. The number of hydrogen-bond donors (Lipinski definition) is 1. The molecule has 2 aromatic rings. The Kier molecular flexibility index (Phi) is 6.81. The Balaban J connectivity index is 2.08. The molecule has 2 rings (SSSR count). The van der Waals surface area contributed by atoms with Crippen LogP contribution in [-0.2, 0) is 14.8 Å². The lowest BCUT2D eigenvalue weighted by atomic mass is 10.0. The smallest absolute Gasteiger partial charge is 0.243 e. The van der Waals surface area contributed by atoms with Gasteiger partial charge < -0.3 is 5.32 Å². The van der Waals surface area contributed by atoms with Gasteiger partial charge in [-0.1, -0.05) is 44.5 Å². The predicted molar refractivity (Wildman–Crippen MR) is 105 cm³/mol. The third-order valence-corrected chi connectivity index (χ3v) is 6.17. The Hall–Kier alpha value is -1.89. The number of rotatable bonds is 7. The number of carbonyl (C=O) groups excluding carboxylic acids is 1. The van der Waals surface area contributed by atoms with Crippen molar-refractivity contribution >= 4 is 33.2 Å². The molecule has 0 aromatic heterocycles. The van der Waals surface area contributed by atoms with Gasteiger partial charge in [-0.25, -0.2) is 8.42 Å². The van der Waals surface area contributed by atoms with Crippen molar-refractivity contribution in [1.29, 1.82) is 0 Å². The second-order valence-corrected chi connectivity index (χ2v) is 8.58. The van der Waals surface area contributed by atoms with Crippen molar-refractivity contribution < 1.29 is 13.2 Å². The Labute approximate surface area is 160 Å². The highest BCUT2D eigenvalue weighted by atomic mass is 35.5. The van der Waals surface area contributed by atoms with E-state index in [9.17, 15) is 13.2 Å². The number of halogens is 1. The first kappa shape index (κ1) is 20.4. The molecule has 2 aromatic carbocycles. The Bertz CT molecular complexity index is 847. The van der Waals surface area contributed by atoms with Gasteiger partial charge in [0.2, 0.25) is 15.9 Å². The SMILES string of the molecule is CCN(CC(=O)Nc1ccc(C(C)C)cc1)S(=O)(=O)c1ccc(Cl)cc1. The van der Waals surface area contributed by atoms with Gasteiger partial charge in [-0.05, 0) is 47.9 Å².